The maximum Gasteiger partial charge on any atom is 0.141 e. The Kier molecular flexibility index (Phi) is 4.26. The number of fused-ring (bicyclic) bond motifs is 2. The monoisotopic (exact) mass is 323 g/mol. The maximum atomic E-state index is 9.37. The van der Waals surface area contributed by atoms with Gasteiger partial charge in [0.1, 0.15) is 11.3 Å². The van der Waals surface area contributed by atoms with Crippen LogP contribution in [0.4, 0.5) is 5.69 Å². The molecule has 0 aliphatic rings. The lowest BCUT2D eigenvalue weighted by molar-refractivity contribution is 0.480. The number of halogens is 1. The zero-order chi connectivity index (χ0) is 16.2. The van der Waals surface area contributed by atoms with Crippen molar-refractivity contribution in [2.45, 2.75) is 0 Å². The third-order valence-corrected chi connectivity index (χ3v) is 3.64. The van der Waals surface area contributed by atoms with E-state index in [1.54, 1.807) is 24.5 Å². The van der Waals surface area contributed by atoms with Crippen molar-refractivity contribution in [2.24, 2.45) is 0 Å². The largest absolute Gasteiger partial charge is 0.506 e. The normalized spacial score (nSPS) is 10.3. The van der Waals surface area contributed by atoms with E-state index in [1.165, 1.54) is 6.07 Å². The van der Waals surface area contributed by atoms with Crippen LogP contribution in [0, 0.1) is 0 Å². The minimum Gasteiger partial charge on any atom is -0.506 e. The number of benzene rings is 2. The van der Waals surface area contributed by atoms with E-state index >= 15 is 0 Å². The lowest BCUT2D eigenvalue weighted by atomic mass is 10.2. The molecular formula is C18H14ClN3O. The SMILES string of the molecule is Nc1cnc2ccccc2c1.Oc1ccc(Cl)c2cccnc12. The Morgan fingerprint density at radius 1 is 0.957 bits per heavy atom. The first-order valence-electron chi connectivity index (χ1n) is 6.97. The van der Waals surface area contributed by atoms with Gasteiger partial charge in [-0.3, -0.25) is 9.97 Å². The number of hydrogen-bond donors (Lipinski definition) is 2. The van der Waals surface area contributed by atoms with Crippen LogP contribution < -0.4 is 5.73 Å². The fourth-order valence-electron chi connectivity index (χ4n) is 2.21. The number of aromatic nitrogens is 2. The van der Waals surface area contributed by atoms with Crippen molar-refractivity contribution < 1.29 is 5.11 Å². The Balaban J connectivity index is 0.000000136. The topological polar surface area (TPSA) is 72.0 Å². The predicted molar refractivity (Wildman–Crippen MR) is 94.6 cm³/mol. The van der Waals surface area contributed by atoms with E-state index in [1.807, 2.05) is 36.4 Å². The average molecular weight is 324 g/mol. The van der Waals surface area contributed by atoms with Gasteiger partial charge in [-0.15, -0.1) is 0 Å². The van der Waals surface area contributed by atoms with Gasteiger partial charge in [0.15, 0.2) is 0 Å². The molecule has 2 heterocycles. The van der Waals surface area contributed by atoms with Crippen molar-refractivity contribution >= 4 is 39.1 Å². The van der Waals surface area contributed by atoms with Gasteiger partial charge in [0, 0.05) is 17.0 Å². The summed E-state index contributed by atoms with van der Waals surface area (Å²) in [6.07, 6.45) is 3.29. The van der Waals surface area contributed by atoms with Crippen molar-refractivity contribution in [1.29, 1.82) is 0 Å². The molecular weight excluding hydrogens is 310 g/mol. The summed E-state index contributed by atoms with van der Waals surface area (Å²) in [5, 5.41) is 11.8. The molecule has 2 aromatic heterocycles. The second-order valence-electron chi connectivity index (χ2n) is 4.93. The predicted octanol–water partition coefficient (Wildman–Crippen LogP) is 4.41. The van der Waals surface area contributed by atoms with Crippen LogP contribution >= 0.6 is 11.6 Å². The number of phenols is 1. The van der Waals surface area contributed by atoms with Crippen LogP contribution in [0.3, 0.4) is 0 Å². The highest BCUT2D eigenvalue weighted by molar-refractivity contribution is 6.35. The third kappa shape index (κ3) is 3.33. The molecule has 0 radical (unpaired) electrons. The minimum absolute atomic E-state index is 0.162. The summed E-state index contributed by atoms with van der Waals surface area (Å²) in [5.41, 5.74) is 7.81. The van der Waals surface area contributed by atoms with Gasteiger partial charge >= 0.3 is 0 Å². The van der Waals surface area contributed by atoms with E-state index in [9.17, 15) is 5.11 Å². The lowest BCUT2D eigenvalue weighted by Gasteiger charge is -2.00. The molecule has 0 spiro atoms. The highest BCUT2D eigenvalue weighted by Crippen LogP contribution is 2.28. The van der Waals surface area contributed by atoms with Crippen LogP contribution in [0.15, 0.2) is 67.0 Å². The molecule has 114 valence electrons. The van der Waals surface area contributed by atoms with Crippen LogP contribution in [0.2, 0.25) is 5.02 Å². The number of pyridine rings is 2. The van der Waals surface area contributed by atoms with E-state index in [-0.39, 0.29) is 5.75 Å². The molecule has 0 saturated heterocycles. The molecule has 0 aliphatic carbocycles. The van der Waals surface area contributed by atoms with Gasteiger partial charge in [0.05, 0.1) is 22.4 Å². The van der Waals surface area contributed by atoms with Crippen molar-refractivity contribution in [3.8, 4) is 5.75 Å². The van der Waals surface area contributed by atoms with Crippen LogP contribution in [0.1, 0.15) is 0 Å². The smallest absolute Gasteiger partial charge is 0.141 e. The Morgan fingerprint density at radius 3 is 2.61 bits per heavy atom. The van der Waals surface area contributed by atoms with Crippen molar-refractivity contribution in [1.82, 2.24) is 9.97 Å². The van der Waals surface area contributed by atoms with Crippen molar-refractivity contribution in [3.63, 3.8) is 0 Å². The average Bonchev–Trinajstić information content (AvgIpc) is 2.59. The Morgan fingerprint density at radius 2 is 1.78 bits per heavy atom. The van der Waals surface area contributed by atoms with Crippen LogP contribution in [0.5, 0.6) is 5.75 Å². The third-order valence-electron chi connectivity index (χ3n) is 3.31. The highest BCUT2D eigenvalue weighted by atomic mass is 35.5. The van der Waals surface area contributed by atoms with Gasteiger partial charge in [0.25, 0.3) is 0 Å². The summed E-state index contributed by atoms with van der Waals surface area (Å²) < 4.78 is 0. The Hall–Kier alpha value is -2.85. The fraction of sp³-hybridized carbons (Fsp3) is 0. The zero-order valence-electron chi connectivity index (χ0n) is 12.1. The molecule has 4 aromatic rings. The number of phenolic OH excluding ortho intramolecular Hbond substituents is 1. The first kappa shape index (κ1) is 15.1. The summed E-state index contributed by atoms with van der Waals surface area (Å²) in [7, 11) is 0. The van der Waals surface area contributed by atoms with E-state index in [0.717, 1.165) is 16.3 Å². The number of nitrogens with two attached hydrogens (primary N) is 1. The first-order valence-corrected chi connectivity index (χ1v) is 7.35. The van der Waals surface area contributed by atoms with Gasteiger partial charge in [-0.25, -0.2) is 0 Å². The summed E-state index contributed by atoms with van der Waals surface area (Å²) in [5.74, 6) is 0.162. The van der Waals surface area contributed by atoms with E-state index < -0.39 is 0 Å². The van der Waals surface area contributed by atoms with Gasteiger partial charge in [-0.2, -0.15) is 0 Å². The molecule has 0 fully saturated rings. The fourth-order valence-corrected chi connectivity index (χ4v) is 2.43. The molecule has 0 bridgehead atoms. The number of nitrogen functional groups attached to an aromatic ring is 1. The molecule has 5 heteroatoms. The molecule has 4 nitrogen and oxygen atoms in total. The summed E-state index contributed by atoms with van der Waals surface area (Å²) in [4.78, 5) is 8.16. The minimum atomic E-state index is 0.162. The Labute approximate surface area is 138 Å². The van der Waals surface area contributed by atoms with Gasteiger partial charge in [0.2, 0.25) is 0 Å². The zero-order valence-corrected chi connectivity index (χ0v) is 12.9. The second-order valence-corrected chi connectivity index (χ2v) is 5.33. The Bertz CT molecular complexity index is 932. The number of anilines is 1. The first-order chi connectivity index (χ1) is 11.1. The van der Waals surface area contributed by atoms with Crippen LogP contribution in [-0.2, 0) is 0 Å². The molecule has 3 N–H and O–H groups in total. The number of aromatic hydroxyl groups is 1. The number of nitrogens with zero attached hydrogens (tertiary/aromatic N) is 2. The standard InChI is InChI=1S/C9H6ClNO.C9H8N2/c10-7-3-4-8(12)9-6(7)2-1-5-11-9;10-8-5-7-3-1-2-4-9(7)11-6-8/h1-5,12H;1-6H,10H2. The van der Waals surface area contributed by atoms with E-state index in [4.69, 9.17) is 17.3 Å². The van der Waals surface area contributed by atoms with Crippen molar-refractivity contribution in [3.05, 3.63) is 72.0 Å². The molecule has 0 unspecified atom stereocenters. The van der Waals surface area contributed by atoms with E-state index in [2.05, 4.69) is 9.97 Å². The van der Waals surface area contributed by atoms with Crippen LogP contribution in [0.25, 0.3) is 21.8 Å². The molecule has 0 saturated carbocycles. The van der Waals surface area contributed by atoms with Gasteiger partial charge < -0.3 is 10.8 Å². The summed E-state index contributed by atoms with van der Waals surface area (Å²) >= 11 is 5.88. The molecule has 0 atom stereocenters. The number of rotatable bonds is 0. The number of para-hydroxylation sites is 1. The van der Waals surface area contributed by atoms with Crippen molar-refractivity contribution in [2.75, 3.05) is 5.73 Å². The van der Waals surface area contributed by atoms with E-state index in [0.29, 0.717) is 16.2 Å². The van der Waals surface area contributed by atoms with Gasteiger partial charge in [-0.1, -0.05) is 29.8 Å². The molecule has 4 rings (SSSR count). The molecule has 0 amide bonds. The lowest BCUT2D eigenvalue weighted by Crippen LogP contribution is -1.85. The summed E-state index contributed by atoms with van der Waals surface area (Å²) in [6.45, 7) is 0. The van der Waals surface area contributed by atoms with Crippen LogP contribution in [-0.4, -0.2) is 15.1 Å². The quantitative estimate of drug-likeness (QED) is 0.502. The van der Waals surface area contributed by atoms with Gasteiger partial charge in [-0.05, 0) is 36.4 Å². The molecule has 2 aromatic carbocycles. The molecule has 23 heavy (non-hydrogen) atoms. The maximum absolute atomic E-state index is 9.37. The summed E-state index contributed by atoms with van der Waals surface area (Å²) in [6, 6.07) is 16.6. The highest BCUT2D eigenvalue weighted by Gasteiger charge is 2.02. The second kappa shape index (κ2) is 6.50. The molecule has 0 aliphatic heterocycles. The number of hydrogen-bond acceptors (Lipinski definition) is 4.